The molecule has 0 saturated heterocycles. The highest BCUT2D eigenvalue weighted by Gasteiger charge is 2.14. The first-order valence-corrected chi connectivity index (χ1v) is 7.85. The van der Waals surface area contributed by atoms with E-state index in [0.717, 1.165) is 4.47 Å². The molecule has 2 aromatic carbocycles. The van der Waals surface area contributed by atoms with Crippen LogP contribution in [0.1, 0.15) is 11.1 Å². The summed E-state index contributed by atoms with van der Waals surface area (Å²) in [7, 11) is 0. The predicted molar refractivity (Wildman–Crippen MR) is 94.9 cm³/mol. The number of aryl methyl sites for hydroxylation is 1. The van der Waals surface area contributed by atoms with Gasteiger partial charge in [-0.3, -0.25) is 14.9 Å². The molecule has 0 radical (unpaired) electrons. The number of nitrogens with one attached hydrogen (secondary N) is 1. The van der Waals surface area contributed by atoms with E-state index in [2.05, 4.69) is 26.5 Å². The number of amides is 1. The lowest BCUT2D eigenvalue weighted by atomic mass is 10.1. The fraction of sp³-hybridized carbons (Fsp3) is 0.125. The van der Waals surface area contributed by atoms with Gasteiger partial charge in [0.05, 0.1) is 11.1 Å². The molecule has 25 heavy (non-hydrogen) atoms. The van der Waals surface area contributed by atoms with Crippen molar-refractivity contribution in [1.29, 1.82) is 0 Å². The number of nitrogens with zero attached hydrogens (tertiary/aromatic N) is 2. The molecule has 0 spiro atoms. The lowest BCUT2D eigenvalue weighted by Crippen LogP contribution is -2.24. The quantitative estimate of drug-likeness (QED) is 0.434. The van der Waals surface area contributed by atoms with Gasteiger partial charge in [0.2, 0.25) is 0 Å². The van der Waals surface area contributed by atoms with E-state index >= 15 is 0 Å². The molecule has 0 aliphatic heterocycles. The van der Waals surface area contributed by atoms with Crippen molar-refractivity contribution in [2.24, 2.45) is 5.10 Å². The Hall–Kier alpha value is -2.94. The number of hydrogen-bond acceptors (Lipinski definition) is 6. The third-order valence-corrected chi connectivity index (χ3v) is 3.57. The standard InChI is InChI=1S/C16H14BrN3O5/c1-10-6-12(17)7-11(16(10)22)8-18-19-15(21)9-25-14-5-3-2-4-13(14)20(23)24/h2-8,22H,9H2,1H3,(H,19,21). The number of phenols is 1. The minimum absolute atomic E-state index is 0.00751. The summed E-state index contributed by atoms with van der Waals surface area (Å²) in [6, 6.07) is 9.13. The Kier molecular flexibility index (Phi) is 6.07. The molecular weight excluding hydrogens is 394 g/mol. The van der Waals surface area contributed by atoms with Crippen LogP contribution in [-0.4, -0.2) is 28.8 Å². The molecule has 0 bridgehead atoms. The smallest absolute Gasteiger partial charge is 0.310 e. The van der Waals surface area contributed by atoms with E-state index in [9.17, 15) is 20.0 Å². The summed E-state index contributed by atoms with van der Waals surface area (Å²) in [6.07, 6.45) is 1.29. The average molecular weight is 408 g/mol. The monoisotopic (exact) mass is 407 g/mol. The summed E-state index contributed by atoms with van der Waals surface area (Å²) in [6.45, 7) is 1.29. The van der Waals surface area contributed by atoms with Crippen molar-refractivity contribution in [3.05, 3.63) is 62.1 Å². The van der Waals surface area contributed by atoms with E-state index < -0.39 is 17.4 Å². The SMILES string of the molecule is Cc1cc(Br)cc(C=NNC(=O)COc2ccccc2[N+](=O)[O-])c1O. The number of nitro benzene ring substituents is 1. The average Bonchev–Trinajstić information content (AvgIpc) is 2.57. The number of para-hydroxylation sites is 2. The van der Waals surface area contributed by atoms with Crippen molar-refractivity contribution in [1.82, 2.24) is 5.43 Å². The Morgan fingerprint density at radius 2 is 2.16 bits per heavy atom. The summed E-state index contributed by atoms with van der Waals surface area (Å²) >= 11 is 3.30. The van der Waals surface area contributed by atoms with Crippen LogP contribution >= 0.6 is 15.9 Å². The van der Waals surface area contributed by atoms with Crippen molar-refractivity contribution in [2.45, 2.75) is 6.92 Å². The molecular formula is C16H14BrN3O5. The van der Waals surface area contributed by atoms with Gasteiger partial charge < -0.3 is 9.84 Å². The molecule has 2 rings (SSSR count). The van der Waals surface area contributed by atoms with Crippen LogP contribution in [0.5, 0.6) is 11.5 Å². The van der Waals surface area contributed by atoms with Gasteiger partial charge >= 0.3 is 5.69 Å². The van der Waals surface area contributed by atoms with Crippen molar-refractivity contribution < 1.29 is 19.6 Å². The molecule has 0 aliphatic carbocycles. The Morgan fingerprint density at radius 3 is 2.88 bits per heavy atom. The first-order chi connectivity index (χ1) is 11.9. The van der Waals surface area contributed by atoms with E-state index in [1.807, 2.05) is 0 Å². The Labute approximate surface area is 151 Å². The van der Waals surface area contributed by atoms with Crippen molar-refractivity contribution >= 4 is 33.7 Å². The molecule has 8 nitrogen and oxygen atoms in total. The van der Waals surface area contributed by atoms with Crippen LogP contribution in [0, 0.1) is 17.0 Å². The zero-order valence-electron chi connectivity index (χ0n) is 13.1. The second-order valence-electron chi connectivity index (χ2n) is 4.97. The maximum Gasteiger partial charge on any atom is 0.310 e. The normalized spacial score (nSPS) is 10.6. The van der Waals surface area contributed by atoms with Gasteiger partial charge in [-0.05, 0) is 30.7 Å². The third kappa shape index (κ3) is 5.01. The number of rotatable bonds is 6. The fourth-order valence-corrected chi connectivity index (χ4v) is 2.53. The van der Waals surface area contributed by atoms with Crippen LogP contribution in [0.2, 0.25) is 0 Å². The first-order valence-electron chi connectivity index (χ1n) is 7.05. The molecule has 9 heteroatoms. The summed E-state index contributed by atoms with van der Waals surface area (Å²) in [5.74, 6) is -0.551. The molecule has 130 valence electrons. The number of nitro groups is 1. The highest BCUT2D eigenvalue weighted by atomic mass is 79.9. The molecule has 0 aliphatic rings. The van der Waals surface area contributed by atoms with Crippen LogP contribution in [0.15, 0.2) is 46.0 Å². The van der Waals surface area contributed by atoms with Gasteiger partial charge in [-0.2, -0.15) is 5.10 Å². The second-order valence-corrected chi connectivity index (χ2v) is 5.88. The number of aromatic hydroxyl groups is 1. The number of hydrazone groups is 1. The van der Waals surface area contributed by atoms with Gasteiger partial charge in [0.1, 0.15) is 5.75 Å². The van der Waals surface area contributed by atoms with Gasteiger partial charge in [0, 0.05) is 16.1 Å². The van der Waals surface area contributed by atoms with Gasteiger partial charge in [-0.1, -0.05) is 28.1 Å². The van der Waals surface area contributed by atoms with Gasteiger partial charge in [0.15, 0.2) is 12.4 Å². The number of halogens is 1. The maximum absolute atomic E-state index is 11.7. The van der Waals surface area contributed by atoms with Crippen molar-refractivity contribution in [2.75, 3.05) is 6.61 Å². The number of carbonyl (C=O) groups is 1. The lowest BCUT2D eigenvalue weighted by Gasteiger charge is -2.06. The molecule has 0 aromatic heterocycles. The van der Waals surface area contributed by atoms with Crippen molar-refractivity contribution in [3.8, 4) is 11.5 Å². The number of ether oxygens (including phenoxy) is 1. The number of hydrogen-bond donors (Lipinski definition) is 2. The second kappa shape index (κ2) is 8.25. The van der Waals surface area contributed by atoms with Crippen molar-refractivity contribution in [3.63, 3.8) is 0 Å². The number of phenolic OH excluding ortho intramolecular Hbond substituents is 1. The zero-order valence-corrected chi connectivity index (χ0v) is 14.7. The van der Waals surface area contributed by atoms with Crippen LogP contribution in [0.3, 0.4) is 0 Å². The molecule has 1 amide bonds. The largest absolute Gasteiger partial charge is 0.507 e. The molecule has 0 unspecified atom stereocenters. The molecule has 0 saturated carbocycles. The minimum atomic E-state index is -0.597. The van der Waals surface area contributed by atoms with E-state index in [4.69, 9.17) is 4.74 Å². The fourth-order valence-electron chi connectivity index (χ4n) is 1.94. The Morgan fingerprint density at radius 1 is 1.44 bits per heavy atom. The van der Waals surface area contributed by atoms with E-state index in [-0.39, 0.29) is 17.2 Å². The Bertz CT molecular complexity index is 839. The summed E-state index contributed by atoms with van der Waals surface area (Å²) in [4.78, 5) is 22.0. The molecule has 0 fully saturated rings. The first kappa shape index (κ1) is 18.4. The van der Waals surface area contributed by atoms with Gasteiger partial charge in [-0.25, -0.2) is 5.43 Å². The molecule has 2 aromatic rings. The van der Waals surface area contributed by atoms with Crippen LogP contribution in [-0.2, 0) is 4.79 Å². The van der Waals surface area contributed by atoms with Crippen LogP contribution < -0.4 is 10.2 Å². The number of benzene rings is 2. The van der Waals surface area contributed by atoms with E-state index in [1.165, 1.54) is 24.4 Å². The van der Waals surface area contributed by atoms with Crippen LogP contribution in [0.25, 0.3) is 0 Å². The predicted octanol–water partition coefficient (Wildman–Crippen LogP) is 2.90. The lowest BCUT2D eigenvalue weighted by molar-refractivity contribution is -0.385. The highest BCUT2D eigenvalue weighted by molar-refractivity contribution is 9.10. The van der Waals surface area contributed by atoms with Gasteiger partial charge in [0.25, 0.3) is 5.91 Å². The van der Waals surface area contributed by atoms with E-state index in [0.29, 0.717) is 11.1 Å². The van der Waals surface area contributed by atoms with E-state index in [1.54, 1.807) is 25.1 Å². The van der Waals surface area contributed by atoms with Crippen LogP contribution in [0.4, 0.5) is 5.69 Å². The summed E-state index contributed by atoms with van der Waals surface area (Å²) in [5, 5.41) is 24.5. The third-order valence-electron chi connectivity index (χ3n) is 3.11. The topological polar surface area (TPSA) is 114 Å². The minimum Gasteiger partial charge on any atom is -0.507 e. The Balaban J connectivity index is 1.95. The van der Waals surface area contributed by atoms with Gasteiger partial charge in [-0.15, -0.1) is 0 Å². The zero-order chi connectivity index (χ0) is 18.4. The molecule has 0 atom stereocenters. The summed E-state index contributed by atoms with van der Waals surface area (Å²) < 4.78 is 5.90. The molecule has 2 N–H and O–H groups in total. The number of carbonyl (C=O) groups excluding carboxylic acids is 1. The summed E-state index contributed by atoms with van der Waals surface area (Å²) in [5.41, 5.74) is 3.07. The molecule has 0 heterocycles. The highest BCUT2D eigenvalue weighted by Crippen LogP contribution is 2.26. The maximum atomic E-state index is 11.7.